The van der Waals surface area contributed by atoms with Gasteiger partial charge in [-0.25, -0.2) is 4.79 Å². The highest BCUT2D eigenvalue weighted by Gasteiger charge is 2.20. The van der Waals surface area contributed by atoms with Crippen molar-refractivity contribution < 1.29 is 19.0 Å². The maximum atomic E-state index is 12.1. The van der Waals surface area contributed by atoms with E-state index in [0.29, 0.717) is 19.0 Å². The minimum absolute atomic E-state index is 0.222. The van der Waals surface area contributed by atoms with Crippen LogP contribution in [0.3, 0.4) is 0 Å². The zero-order valence-corrected chi connectivity index (χ0v) is 19.3. The number of carbonyl (C=O) groups excluding carboxylic acids is 1. The zero-order chi connectivity index (χ0) is 21.7. The highest BCUT2D eigenvalue weighted by Crippen LogP contribution is 2.12. The van der Waals surface area contributed by atoms with Crippen LogP contribution in [0.4, 0.5) is 4.79 Å². The molecule has 170 valence electrons. The number of ether oxygens (including phenoxy) is 3. The van der Waals surface area contributed by atoms with Crippen LogP contribution in [0.5, 0.6) is 0 Å². The van der Waals surface area contributed by atoms with E-state index in [2.05, 4.69) is 22.5 Å². The number of hydrogen-bond acceptors (Lipinski definition) is 5. The number of guanidine groups is 1. The van der Waals surface area contributed by atoms with Gasteiger partial charge in [-0.2, -0.15) is 0 Å². The highest BCUT2D eigenvalue weighted by molar-refractivity contribution is 5.79. The van der Waals surface area contributed by atoms with Crippen LogP contribution in [-0.4, -0.2) is 82.2 Å². The third-order valence-corrected chi connectivity index (χ3v) is 4.33. The molecule has 0 aromatic carbocycles. The summed E-state index contributed by atoms with van der Waals surface area (Å²) in [5.74, 6) is 1.57. The number of amides is 1. The lowest BCUT2D eigenvalue weighted by Crippen LogP contribution is -2.39. The summed E-state index contributed by atoms with van der Waals surface area (Å²) in [6, 6.07) is 0. The van der Waals surface area contributed by atoms with E-state index in [4.69, 9.17) is 14.2 Å². The minimum Gasteiger partial charge on any atom is -0.444 e. The van der Waals surface area contributed by atoms with Crippen LogP contribution >= 0.6 is 0 Å². The lowest BCUT2D eigenvalue weighted by atomic mass is 10.1. The maximum Gasteiger partial charge on any atom is 0.410 e. The van der Waals surface area contributed by atoms with Gasteiger partial charge in [0.25, 0.3) is 0 Å². The molecule has 8 nitrogen and oxygen atoms in total. The average molecular weight is 415 g/mol. The summed E-state index contributed by atoms with van der Waals surface area (Å²) in [6.07, 6.45) is 1.73. The summed E-state index contributed by atoms with van der Waals surface area (Å²) >= 11 is 0. The molecule has 1 aliphatic rings. The molecule has 1 amide bonds. The molecule has 1 heterocycles. The second-order valence-corrected chi connectivity index (χ2v) is 8.77. The molecular weight excluding hydrogens is 372 g/mol. The first-order valence-corrected chi connectivity index (χ1v) is 10.8. The van der Waals surface area contributed by atoms with E-state index in [0.717, 1.165) is 58.3 Å². The lowest BCUT2D eigenvalue weighted by Gasteiger charge is -2.26. The molecule has 1 saturated heterocycles. The number of hydrogen-bond donors (Lipinski definition) is 2. The standard InChI is InChI=1S/C21H42N4O4/c1-7-22-19(23-10-8-11-27-15-18-9-12-28-16-18)24-13-17(2)14-25(6)20(26)29-21(3,4)5/h17-18H,7-16H2,1-6H3,(H2,22,23,24). The van der Waals surface area contributed by atoms with Crippen molar-refractivity contribution in [2.24, 2.45) is 16.8 Å². The van der Waals surface area contributed by atoms with Crippen molar-refractivity contribution in [1.82, 2.24) is 15.5 Å². The van der Waals surface area contributed by atoms with E-state index in [1.165, 1.54) is 0 Å². The third-order valence-electron chi connectivity index (χ3n) is 4.33. The molecule has 0 saturated carbocycles. The first-order chi connectivity index (χ1) is 13.7. The van der Waals surface area contributed by atoms with Crippen molar-refractivity contribution in [3.05, 3.63) is 0 Å². The van der Waals surface area contributed by atoms with Gasteiger partial charge < -0.3 is 29.7 Å². The summed E-state index contributed by atoms with van der Waals surface area (Å²) in [5, 5.41) is 6.60. The van der Waals surface area contributed by atoms with E-state index in [-0.39, 0.29) is 12.0 Å². The Kier molecular flexibility index (Phi) is 12.0. The Bertz CT molecular complexity index is 488. The minimum atomic E-state index is -0.483. The van der Waals surface area contributed by atoms with Gasteiger partial charge in [0.1, 0.15) is 5.60 Å². The lowest BCUT2D eigenvalue weighted by molar-refractivity contribution is 0.0279. The van der Waals surface area contributed by atoms with Crippen LogP contribution in [0.15, 0.2) is 4.99 Å². The van der Waals surface area contributed by atoms with Crippen molar-refractivity contribution >= 4 is 12.1 Å². The number of aliphatic imine (C=N–C) groups is 1. The molecule has 1 aliphatic heterocycles. The molecular formula is C21H42N4O4. The van der Waals surface area contributed by atoms with Gasteiger partial charge in [0.15, 0.2) is 5.96 Å². The van der Waals surface area contributed by atoms with Gasteiger partial charge in [-0.05, 0) is 46.5 Å². The summed E-state index contributed by atoms with van der Waals surface area (Å²) in [6.45, 7) is 15.8. The van der Waals surface area contributed by atoms with Crippen LogP contribution < -0.4 is 10.6 Å². The average Bonchev–Trinajstić information content (AvgIpc) is 3.14. The SMILES string of the molecule is CCNC(=NCC(C)CN(C)C(=O)OC(C)(C)C)NCCCOCC1CCOC1. The summed E-state index contributed by atoms with van der Waals surface area (Å²) < 4.78 is 16.5. The van der Waals surface area contributed by atoms with Crippen molar-refractivity contribution in [1.29, 1.82) is 0 Å². The van der Waals surface area contributed by atoms with Crippen LogP contribution in [0, 0.1) is 11.8 Å². The summed E-state index contributed by atoms with van der Waals surface area (Å²) in [7, 11) is 1.76. The third kappa shape index (κ3) is 12.6. The van der Waals surface area contributed by atoms with E-state index in [9.17, 15) is 4.79 Å². The van der Waals surface area contributed by atoms with Gasteiger partial charge in [0, 0.05) is 52.4 Å². The molecule has 1 rings (SSSR count). The molecule has 0 spiro atoms. The van der Waals surface area contributed by atoms with E-state index in [1.807, 2.05) is 27.7 Å². The number of nitrogens with one attached hydrogen (secondary N) is 2. The molecule has 2 atom stereocenters. The fraction of sp³-hybridized carbons (Fsp3) is 0.905. The second-order valence-electron chi connectivity index (χ2n) is 8.77. The van der Waals surface area contributed by atoms with Crippen LogP contribution in [0.2, 0.25) is 0 Å². The molecule has 2 N–H and O–H groups in total. The van der Waals surface area contributed by atoms with Crippen molar-refractivity contribution in [2.75, 3.05) is 59.7 Å². The Labute approximate surface area is 176 Å². The fourth-order valence-electron chi connectivity index (χ4n) is 2.87. The summed E-state index contributed by atoms with van der Waals surface area (Å²) in [4.78, 5) is 18.3. The van der Waals surface area contributed by atoms with E-state index in [1.54, 1.807) is 11.9 Å². The number of nitrogens with zero attached hydrogens (tertiary/aromatic N) is 2. The van der Waals surface area contributed by atoms with Gasteiger partial charge in [-0.1, -0.05) is 6.92 Å². The number of carbonyl (C=O) groups is 1. The summed E-state index contributed by atoms with van der Waals surface area (Å²) in [5.41, 5.74) is -0.483. The molecule has 0 aromatic heterocycles. The smallest absolute Gasteiger partial charge is 0.410 e. The maximum absolute atomic E-state index is 12.1. The van der Waals surface area contributed by atoms with E-state index < -0.39 is 5.60 Å². The van der Waals surface area contributed by atoms with Crippen LogP contribution in [0.25, 0.3) is 0 Å². The van der Waals surface area contributed by atoms with E-state index >= 15 is 0 Å². The second kappa shape index (κ2) is 13.6. The normalized spacial score (nSPS) is 18.4. The molecule has 8 heteroatoms. The van der Waals surface area contributed by atoms with Crippen LogP contribution in [0.1, 0.15) is 47.5 Å². The van der Waals surface area contributed by atoms with Gasteiger partial charge >= 0.3 is 6.09 Å². The largest absolute Gasteiger partial charge is 0.444 e. The highest BCUT2D eigenvalue weighted by atomic mass is 16.6. The Morgan fingerprint density at radius 2 is 2.10 bits per heavy atom. The van der Waals surface area contributed by atoms with Gasteiger partial charge in [0.2, 0.25) is 0 Å². The Balaban J connectivity index is 2.25. The zero-order valence-electron chi connectivity index (χ0n) is 19.3. The first-order valence-electron chi connectivity index (χ1n) is 10.8. The molecule has 0 radical (unpaired) electrons. The topological polar surface area (TPSA) is 84.4 Å². The quantitative estimate of drug-likeness (QED) is 0.307. The molecule has 29 heavy (non-hydrogen) atoms. The molecule has 0 bridgehead atoms. The fourth-order valence-corrected chi connectivity index (χ4v) is 2.87. The monoisotopic (exact) mass is 414 g/mol. The molecule has 2 unspecified atom stereocenters. The Morgan fingerprint density at radius 1 is 1.34 bits per heavy atom. The van der Waals surface area contributed by atoms with Crippen LogP contribution in [-0.2, 0) is 14.2 Å². The van der Waals surface area contributed by atoms with Gasteiger partial charge in [-0.15, -0.1) is 0 Å². The Hall–Kier alpha value is -1.54. The van der Waals surface area contributed by atoms with Gasteiger partial charge in [0.05, 0.1) is 13.2 Å². The molecule has 0 aromatic rings. The molecule has 0 aliphatic carbocycles. The first kappa shape index (κ1) is 25.5. The Morgan fingerprint density at radius 3 is 2.72 bits per heavy atom. The van der Waals surface area contributed by atoms with Gasteiger partial charge in [-0.3, -0.25) is 4.99 Å². The predicted octanol–water partition coefficient (Wildman–Crippen LogP) is 2.49. The number of rotatable bonds is 11. The predicted molar refractivity (Wildman–Crippen MR) is 116 cm³/mol. The van der Waals surface area contributed by atoms with Crippen molar-refractivity contribution in [2.45, 2.75) is 53.1 Å². The molecule has 1 fully saturated rings. The van der Waals surface area contributed by atoms with Crippen molar-refractivity contribution in [3.8, 4) is 0 Å². The van der Waals surface area contributed by atoms with Crippen molar-refractivity contribution in [3.63, 3.8) is 0 Å².